The molecule has 1 aliphatic rings. The molecule has 1 saturated heterocycles. The number of thiophene rings is 1. The minimum absolute atomic E-state index is 0.0674. The fourth-order valence-corrected chi connectivity index (χ4v) is 5.43. The summed E-state index contributed by atoms with van der Waals surface area (Å²) >= 11 is 7.96. The Morgan fingerprint density at radius 1 is 1.38 bits per heavy atom. The van der Waals surface area contributed by atoms with Crippen LogP contribution in [0.3, 0.4) is 0 Å². The number of carboxylic acid groups (broad SMARTS) is 1. The zero-order chi connectivity index (χ0) is 27.4. The minimum atomic E-state index is -5.08. The van der Waals surface area contributed by atoms with E-state index in [-0.39, 0.29) is 17.2 Å². The van der Waals surface area contributed by atoms with Crippen LogP contribution in [0.4, 0.5) is 19.0 Å². The summed E-state index contributed by atoms with van der Waals surface area (Å²) in [5.41, 5.74) is 11.6. The van der Waals surface area contributed by atoms with Gasteiger partial charge in [0.15, 0.2) is 0 Å². The van der Waals surface area contributed by atoms with Gasteiger partial charge in [-0.1, -0.05) is 25.6 Å². The van der Waals surface area contributed by atoms with Gasteiger partial charge in [0.1, 0.15) is 25.2 Å². The Labute approximate surface area is 221 Å². The third-order valence-corrected chi connectivity index (χ3v) is 7.45. The number of hydrogen-bond donors (Lipinski definition) is 3. The van der Waals surface area contributed by atoms with Crippen LogP contribution in [0, 0.1) is 11.5 Å². The molecule has 0 radical (unpaired) electrons. The molecule has 1 aliphatic heterocycles. The molecule has 0 aromatic carbocycles. The van der Waals surface area contributed by atoms with E-state index in [1.165, 1.54) is 0 Å². The van der Waals surface area contributed by atoms with E-state index in [0.29, 0.717) is 25.6 Å². The number of carbonyl (C=O) groups is 1. The Morgan fingerprint density at radius 3 is 2.65 bits per heavy atom. The fraction of sp³-hybridized carbons (Fsp3) is 0.435. The third-order valence-electron chi connectivity index (χ3n) is 5.09. The molecule has 4 rings (SSSR count). The van der Waals surface area contributed by atoms with Crippen molar-refractivity contribution in [3.05, 3.63) is 39.9 Å². The number of furan rings is 1. The van der Waals surface area contributed by atoms with Crippen LogP contribution < -0.4 is 11.1 Å². The fourth-order valence-electron chi connectivity index (χ4n) is 3.39. The lowest BCUT2D eigenvalue weighted by Crippen LogP contribution is -2.37. The number of fused-ring (bicyclic) bond motifs is 1. The van der Waals surface area contributed by atoms with Crippen molar-refractivity contribution in [1.82, 2.24) is 9.97 Å². The summed E-state index contributed by atoms with van der Waals surface area (Å²) in [5, 5.41) is 10.7. The predicted octanol–water partition coefficient (Wildman–Crippen LogP) is 5.24. The second-order valence-corrected chi connectivity index (χ2v) is 15.4. The van der Waals surface area contributed by atoms with Crippen molar-refractivity contribution < 1.29 is 32.2 Å². The molecule has 4 heterocycles. The molecular weight excluding hydrogens is 549 g/mol. The van der Waals surface area contributed by atoms with E-state index in [4.69, 9.17) is 36.4 Å². The number of halogens is 4. The van der Waals surface area contributed by atoms with Gasteiger partial charge in [-0.15, -0.1) is 16.9 Å². The number of rotatable bonds is 4. The Morgan fingerprint density at radius 2 is 2.08 bits per heavy atom. The number of carboxylic acids is 1. The van der Waals surface area contributed by atoms with E-state index >= 15 is 0 Å². The van der Waals surface area contributed by atoms with Crippen molar-refractivity contribution in [2.45, 2.75) is 50.7 Å². The number of nitrogens with one attached hydrogen (secondary N) is 1. The molecule has 3 aromatic heterocycles. The quantitative estimate of drug-likeness (QED) is 0.219. The number of nitrogens with zero attached hydrogens (tertiary/aromatic N) is 2. The highest BCUT2D eigenvalue weighted by atomic mass is 35.5. The van der Waals surface area contributed by atoms with Gasteiger partial charge >= 0.3 is 12.1 Å². The molecule has 14 heteroatoms. The van der Waals surface area contributed by atoms with Crippen molar-refractivity contribution >= 4 is 53.0 Å². The molecule has 0 amide bonds. The first kappa shape index (κ1) is 28.9. The van der Waals surface area contributed by atoms with E-state index in [1.54, 1.807) is 17.6 Å². The third kappa shape index (κ3) is 7.92. The number of anilines is 1. The maximum atomic E-state index is 10.6. The predicted molar refractivity (Wildman–Crippen MR) is 139 cm³/mol. The summed E-state index contributed by atoms with van der Waals surface area (Å²) < 4.78 is 43.7. The minimum Gasteiger partial charge on any atom is -0.475 e. The average molecular weight is 575 g/mol. The highest BCUT2D eigenvalue weighted by Crippen LogP contribution is 2.41. The summed E-state index contributed by atoms with van der Waals surface area (Å²) in [7, 11) is -1.59. The van der Waals surface area contributed by atoms with Gasteiger partial charge in [-0.25, -0.2) is 9.78 Å². The number of hydrogen-bond acceptors (Lipinski definition) is 8. The molecule has 0 spiro atoms. The van der Waals surface area contributed by atoms with Crippen LogP contribution >= 0.6 is 22.9 Å². The van der Waals surface area contributed by atoms with Gasteiger partial charge in [0.25, 0.3) is 0 Å². The Hall–Kier alpha value is -2.63. The molecule has 1 fully saturated rings. The van der Waals surface area contributed by atoms with Gasteiger partial charge in [-0.05, 0) is 30.2 Å². The monoisotopic (exact) mass is 574 g/mol. The van der Waals surface area contributed by atoms with Gasteiger partial charge in [0.2, 0.25) is 5.28 Å². The molecule has 0 unspecified atom stereocenters. The standard InChI is InChI=1S/C21H25ClN4O2SSi.C2HF3O2/c1-30(2,3)10-7-15-17-19(29-18(15)14-6-9-27-12-16(14)23)20(26-21(22)25-17)24-11-13-5-4-8-28-13;3-2(4,5)1(6)7/h4-5,8,14,16H,6,9,11-12,23H2,1-3H3,(H,24,25,26);(H,6,7)/t14-,16-;/m0./s1. The van der Waals surface area contributed by atoms with Crippen molar-refractivity contribution in [2.24, 2.45) is 5.73 Å². The number of ether oxygens (including phenoxy) is 1. The summed E-state index contributed by atoms with van der Waals surface area (Å²) in [6, 6.07) is 3.71. The first-order valence-corrected chi connectivity index (χ1v) is 15.9. The highest BCUT2D eigenvalue weighted by Gasteiger charge is 2.38. The maximum Gasteiger partial charge on any atom is 0.490 e. The van der Waals surface area contributed by atoms with Gasteiger partial charge in [0, 0.05) is 23.4 Å². The summed E-state index contributed by atoms with van der Waals surface area (Å²) in [6.45, 7) is 8.45. The zero-order valence-electron chi connectivity index (χ0n) is 20.3. The first-order valence-electron chi connectivity index (χ1n) is 11.2. The van der Waals surface area contributed by atoms with Crippen LogP contribution in [0.15, 0.2) is 22.8 Å². The van der Waals surface area contributed by atoms with E-state index in [1.807, 2.05) is 12.1 Å². The molecule has 8 nitrogen and oxygen atoms in total. The van der Waals surface area contributed by atoms with Gasteiger partial charge in [-0.3, -0.25) is 0 Å². The van der Waals surface area contributed by atoms with Crippen molar-refractivity contribution in [3.63, 3.8) is 0 Å². The van der Waals surface area contributed by atoms with E-state index in [2.05, 4.69) is 46.4 Å². The lowest BCUT2D eigenvalue weighted by Gasteiger charge is -2.28. The number of aromatic nitrogens is 2. The molecule has 37 heavy (non-hydrogen) atoms. The largest absolute Gasteiger partial charge is 0.490 e. The van der Waals surface area contributed by atoms with E-state index < -0.39 is 20.2 Å². The van der Waals surface area contributed by atoms with E-state index in [9.17, 15) is 13.2 Å². The molecule has 0 saturated carbocycles. The van der Waals surface area contributed by atoms with Crippen LogP contribution in [0.5, 0.6) is 0 Å². The summed E-state index contributed by atoms with van der Waals surface area (Å²) in [4.78, 5) is 19.1. The number of alkyl halides is 3. The second kappa shape index (κ2) is 11.8. The highest BCUT2D eigenvalue weighted by molar-refractivity contribution is 7.20. The molecule has 4 N–H and O–H groups in total. The van der Waals surface area contributed by atoms with Crippen LogP contribution in [0.25, 0.3) is 10.2 Å². The second-order valence-electron chi connectivity index (χ2n) is 9.23. The van der Waals surface area contributed by atoms with Gasteiger partial charge < -0.3 is 25.3 Å². The Bertz CT molecular complexity index is 1300. The smallest absolute Gasteiger partial charge is 0.475 e. The first-order chi connectivity index (χ1) is 17.3. The van der Waals surface area contributed by atoms with Crippen LogP contribution in [0.1, 0.15) is 28.5 Å². The molecule has 200 valence electrons. The molecule has 3 aromatic rings. The van der Waals surface area contributed by atoms with Crippen LogP contribution in [0.2, 0.25) is 24.9 Å². The van der Waals surface area contributed by atoms with Gasteiger partial charge in [-0.2, -0.15) is 18.2 Å². The van der Waals surface area contributed by atoms with Crippen molar-refractivity contribution in [3.8, 4) is 11.5 Å². The lowest BCUT2D eigenvalue weighted by molar-refractivity contribution is -0.192. The van der Waals surface area contributed by atoms with Crippen molar-refractivity contribution in [1.29, 1.82) is 0 Å². The van der Waals surface area contributed by atoms with Gasteiger partial charge in [0.05, 0.1) is 29.7 Å². The maximum absolute atomic E-state index is 10.6. The molecule has 2 atom stereocenters. The van der Waals surface area contributed by atoms with Crippen molar-refractivity contribution in [2.75, 3.05) is 18.5 Å². The number of nitrogens with two attached hydrogens (primary N) is 1. The van der Waals surface area contributed by atoms with Crippen LogP contribution in [-0.4, -0.2) is 54.5 Å². The average Bonchev–Trinajstić information content (AvgIpc) is 3.43. The Kier molecular flexibility index (Phi) is 9.25. The zero-order valence-corrected chi connectivity index (χ0v) is 22.9. The lowest BCUT2D eigenvalue weighted by atomic mass is 9.91. The van der Waals surface area contributed by atoms with Crippen LogP contribution in [-0.2, 0) is 16.1 Å². The summed E-state index contributed by atoms with van der Waals surface area (Å²) in [6.07, 6.45) is -2.56. The SMILES string of the molecule is C[Si](C)(C)C#Cc1c([C@H]2CCOC[C@@H]2N)sc2c(NCc3ccco3)nc(Cl)nc12.O=C(O)C(F)(F)F. The number of aliphatic carboxylic acids is 1. The molecular formula is C23H26ClF3N4O4SSi. The summed E-state index contributed by atoms with van der Waals surface area (Å²) in [5.74, 6) is 2.38. The topological polar surface area (TPSA) is 124 Å². The molecule has 0 aliphatic carbocycles. The Balaban J connectivity index is 0.000000479. The van der Waals surface area contributed by atoms with E-state index in [0.717, 1.165) is 32.8 Å². The molecule has 0 bridgehead atoms. The normalized spacial score (nSPS) is 17.9.